The molecule has 0 saturated heterocycles. The van der Waals surface area contributed by atoms with Crippen molar-refractivity contribution in [3.63, 3.8) is 0 Å². The zero-order chi connectivity index (χ0) is 9.84. The third-order valence-electron chi connectivity index (χ3n) is 1.75. The molecule has 1 rings (SSSR count). The van der Waals surface area contributed by atoms with E-state index in [1.165, 1.54) is 6.92 Å². The maximum Gasteiger partial charge on any atom is 0.151 e. The van der Waals surface area contributed by atoms with Crippen LogP contribution in [0.1, 0.15) is 18.4 Å². The number of carbonyl (C=O) groups is 1. The molecule has 0 amide bonds. The average molecular weight is 238 g/mol. The molecule has 0 bridgehead atoms. The summed E-state index contributed by atoms with van der Waals surface area (Å²) in [7, 11) is 0. The van der Waals surface area contributed by atoms with Crippen LogP contribution in [0.2, 0.25) is 0 Å². The average Bonchev–Trinajstić information content (AvgIpc) is 2.09. The molecule has 0 aromatic heterocycles. The highest BCUT2D eigenvalue weighted by atomic mass is 79.9. The molecule has 0 aliphatic carbocycles. The van der Waals surface area contributed by atoms with Crippen molar-refractivity contribution in [3.05, 3.63) is 34.3 Å². The summed E-state index contributed by atoms with van der Waals surface area (Å²) in [6.45, 7) is 1.42. The first-order chi connectivity index (χ1) is 6.16. The van der Waals surface area contributed by atoms with Gasteiger partial charge in [-0.05, 0) is 18.6 Å². The zero-order valence-corrected chi connectivity index (χ0v) is 8.71. The lowest BCUT2D eigenvalue weighted by Crippen LogP contribution is -2.06. The van der Waals surface area contributed by atoms with Gasteiger partial charge in [0.1, 0.15) is 5.92 Å². The molecule has 0 aliphatic rings. The van der Waals surface area contributed by atoms with Crippen molar-refractivity contribution in [1.29, 1.82) is 5.26 Å². The Labute approximate surface area is 85.3 Å². The van der Waals surface area contributed by atoms with Crippen molar-refractivity contribution in [2.75, 3.05) is 0 Å². The van der Waals surface area contributed by atoms with Crippen LogP contribution in [0.15, 0.2) is 28.7 Å². The lowest BCUT2D eigenvalue weighted by Gasteiger charge is -2.06. The minimum atomic E-state index is -0.657. The Hall–Kier alpha value is -1.14. The Bertz CT molecular complexity index is 367. The molecule has 13 heavy (non-hydrogen) atoms. The first-order valence-electron chi connectivity index (χ1n) is 3.81. The Balaban J connectivity index is 3.14. The minimum Gasteiger partial charge on any atom is -0.298 e. The SMILES string of the molecule is CC(=O)[C@@H](C#N)c1ccccc1Br. The van der Waals surface area contributed by atoms with E-state index in [0.29, 0.717) is 0 Å². The second kappa shape index (κ2) is 4.20. The molecule has 2 nitrogen and oxygen atoms in total. The quantitative estimate of drug-likeness (QED) is 0.794. The number of nitriles is 1. The predicted molar refractivity (Wildman–Crippen MR) is 53.2 cm³/mol. The van der Waals surface area contributed by atoms with Gasteiger partial charge in [-0.1, -0.05) is 34.1 Å². The minimum absolute atomic E-state index is 0.130. The van der Waals surface area contributed by atoms with E-state index in [9.17, 15) is 4.79 Å². The molecule has 1 atom stereocenters. The van der Waals surface area contributed by atoms with Gasteiger partial charge in [0.15, 0.2) is 5.78 Å². The number of nitrogens with zero attached hydrogens (tertiary/aromatic N) is 1. The third kappa shape index (κ3) is 2.16. The first-order valence-corrected chi connectivity index (χ1v) is 4.60. The summed E-state index contributed by atoms with van der Waals surface area (Å²) >= 11 is 3.30. The standard InChI is InChI=1S/C10H8BrNO/c1-7(13)9(6-12)8-4-2-3-5-10(8)11/h2-5,9H,1H3/t9-/m1/s1. The second-order valence-electron chi connectivity index (χ2n) is 2.69. The molecule has 66 valence electrons. The summed E-state index contributed by atoms with van der Waals surface area (Å²) < 4.78 is 0.803. The molecule has 0 aliphatic heterocycles. The number of benzene rings is 1. The summed E-state index contributed by atoms with van der Waals surface area (Å²) in [5.74, 6) is -0.787. The molecular formula is C10H8BrNO. The number of ketones is 1. The molecule has 0 unspecified atom stereocenters. The summed E-state index contributed by atoms with van der Waals surface area (Å²) in [6.07, 6.45) is 0. The molecule has 1 aromatic rings. The van der Waals surface area contributed by atoms with Crippen molar-refractivity contribution in [3.8, 4) is 6.07 Å². The number of hydrogen-bond acceptors (Lipinski definition) is 2. The van der Waals surface area contributed by atoms with Crippen LogP contribution in [0.5, 0.6) is 0 Å². The van der Waals surface area contributed by atoms with E-state index in [1.54, 1.807) is 6.07 Å². The Morgan fingerprint density at radius 3 is 2.62 bits per heavy atom. The molecule has 0 spiro atoms. The van der Waals surface area contributed by atoms with Crippen molar-refractivity contribution in [1.82, 2.24) is 0 Å². The largest absolute Gasteiger partial charge is 0.298 e. The van der Waals surface area contributed by atoms with Crippen molar-refractivity contribution in [2.45, 2.75) is 12.8 Å². The smallest absolute Gasteiger partial charge is 0.151 e. The number of carbonyl (C=O) groups excluding carboxylic acids is 1. The van der Waals surface area contributed by atoms with Gasteiger partial charge in [0.2, 0.25) is 0 Å². The van der Waals surface area contributed by atoms with E-state index >= 15 is 0 Å². The topological polar surface area (TPSA) is 40.9 Å². The van der Waals surface area contributed by atoms with E-state index in [-0.39, 0.29) is 5.78 Å². The normalized spacial score (nSPS) is 11.8. The van der Waals surface area contributed by atoms with Crippen LogP contribution in [-0.4, -0.2) is 5.78 Å². The van der Waals surface area contributed by atoms with Crippen LogP contribution in [0.25, 0.3) is 0 Å². The highest BCUT2D eigenvalue weighted by Crippen LogP contribution is 2.24. The maximum absolute atomic E-state index is 11.1. The van der Waals surface area contributed by atoms with Gasteiger partial charge in [0, 0.05) is 4.47 Å². The van der Waals surface area contributed by atoms with Gasteiger partial charge in [-0.3, -0.25) is 4.79 Å². The molecule has 1 aromatic carbocycles. The lowest BCUT2D eigenvalue weighted by atomic mass is 9.97. The van der Waals surface area contributed by atoms with Crippen molar-refractivity contribution in [2.24, 2.45) is 0 Å². The Morgan fingerprint density at radius 1 is 1.54 bits per heavy atom. The molecule has 0 fully saturated rings. The molecule has 0 heterocycles. The molecule has 0 radical (unpaired) electrons. The van der Waals surface area contributed by atoms with Crippen LogP contribution in [0, 0.1) is 11.3 Å². The Kier molecular flexibility index (Phi) is 3.21. The molecule has 3 heteroatoms. The van der Waals surface area contributed by atoms with E-state index in [4.69, 9.17) is 5.26 Å². The molecule has 0 N–H and O–H groups in total. The first kappa shape index (κ1) is 9.94. The van der Waals surface area contributed by atoms with Crippen LogP contribution in [0.3, 0.4) is 0 Å². The highest BCUT2D eigenvalue weighted by Gasteiger charge is 2.17. The fraction of sp³-hybridized carbons (Fsp3) is 0.200. The summed E-state index contributed by atoms with van der Waals surface area (Å²) in [5, 5.41) is 8.78. The second-order valence-corrected chi connectivity index (χ2v) is 3.55. The van der Waals surface area contributed by atoms with Crippen LogP contribution >= 0.6 is 15.9 Å². The van der Waals surface area contributed by atoms with E-state index in [1.807, 2.05) is 24.3 Å². The monoisotopic (exact) mass is 237 g/mol. The maximum atomic E-state index is 11.1. The number of Topliss-reactive ketones (excluding diaryl/α,β-unsaturated/α-hetero) is 1. The van der Waals surface area contributed by atoms with Crippen molar-refractivity contribution < 1.29 is 4.79 Å². The zero-order valence-electron chi connectivity index (χ0n) is 7.12. The Morgan fingerprint density at radius 2 is 2.15 bits per heavy atom. The third-order valence-corrected chi connectivity index (χ3v) is 2.47. The van der Waals surface area contributed by atoms with E-state index in [0.717, 1.165) is 10.0 Å². The van der Waals surface area contributed by atoms with Crippen LogP contribution in [0.4, 0.5) is 0 Å². The summed E-state index contributed by atoms with van der Waals surface area (Å²) in [4.78, 5) is 11.1. The van der Waals surface area contributed by atoms with Gasteiger partial charge in [-0.25, -0.2) is 0 Å². The predicted octanol–water partition coefficient (Wildman–Crippen LogP) is 2.65. The number of hydrogen-bond donors (Lipinski definition) is 0. The number of rotatable bonds is 2. The van der Waals surface area contributed by atoms with Crippen LogP contribution in [-0.2, 0) is 4.79 Å². The van der Waals surface area contributed by atoms with Gasteiger partial charge < -0.3 is 0 Å². The molecular weight excluding hydrogens is 230 g/mol. The van der Waals surface area contributed by atoms with E-state index < -0.39 is 5.92 Å². The van der Waals surface area contributed by atoms with Gasteiger partial charge in [-0.15, -0.1) is 0 Å². The van der Waals surface area contributed by atoms with Gasteiger partial charge in [-0.2, -0.15) is 5.26 Å². The van der Waals surface area contributed by atoms with Gasteiger partial charge >= 0.3 is 0 Å². The van der Waals surface area contributed by atoms with Gasteiger partial charge in [0.05, 0.1) is 6.07 Å². The van der Waals surface area contributed by atoms with E-state index in [2.05, 4.69) is 15.9 Å². The lowest BCUT2D eigenvalue weighted by molar-refractivity contribution is -0.117. The number of halogens is 1. The molecule has 0 saturated carbocycles. The summed E-state index contributed by atoms with van der Waals surface area (Å²) in [6, 6.07) is 9.24. The fourth-order valence-corrected chi connectivity index (χ4v) is 1.60. The highest BCUT2D eigenvalue weighted by molar-refractivity contribution is 9.10. The van der Waals surface area contributed by atoms with Crippen LogP contribution < -0.4 is 0 Å². The summed E-state index contributed by atoms with van der Waals surface area (Å²) in [5.41, 5.74) is 0.734. The van der Waals surface area contributed by atoms with Gasteiger partial charge in [0.25, 0.3) is 0 Å². The fourth-order valence-electron chi connectivity index (χ4n) is 1.09. The van der Waals surface area contributed by atoms with Crippen molar-refractivity contribution >= 4 is 21.7 Å².